The molecule has 0 atom stereocenters. The highest BCUT2D eigenvalue weighted by Gasteiger charge is 2.19. The van der Waals surface area contributed by atoms with Gasteiger partial charge in [0.15, 0.2) is 0 Å². The van der Waals surface area contributed by atoms with E-state index in [9.17, 15) is 9.18 Å². The third-order valence-corrected chi connectivity index (χ3v) is 4.42. The zero-order valence-corrected chi connectivity index (χ0v) is 14.5. The number of aromatic nitrogens is 2. The van der Waals surface area contributed by atoms with Crippen LogP contribution in [0.4, 0.5) is 16.0 Å². The van der Waals surface area contributed by atoms with Gasteiger partial charge in [-0.25, -0.2) is 14.4 Å². The summed E-state index contributed by atoms with van der Waals surface area (Å²) in [5.74, 6) is 0.0167. The summed E-state index contributed by atoms with van der Waals surface area (Å²) in [4.78, 5) is 25.8. The van der Waals surface area contributed by atoms with Crippen LogP contribution >= 0.6 is 0 Å². The number of carbonyl (C=O) groups is 1. The maximum absolute atomic E-state index is 12.9. The zero-order chi connectivity index (χ0) is 17.8. The van der Waals surface area contributed by atoms with Crippen LogP contribution in [0.3, 0.4) is 0 Å². The molecule has 1 fully saturated rings. The molecule has 1 aliphatic heterocycles. The average Bonchev–Trinajstić information content (AvgIpc) is 2.63. The summed E-state index contributed by atoms with van der Waals surface area (Å²) in [5, 5.41) is 2.73. The van der Waals surface area contributed by atoms with Crippen molar-refractivity contribution in [3.63, 3.8) is 0 Å². The van der Waals surface area contributed by atoms with Gasteiger partial charge in [0.2, 0.25) is 5.95 Å². The first-order chi connectivity index (χ1) is 12.1. The van der Waals surface area contributed by atoms with Crippen LogP contribution in [0.15, 0.2) is 30.5 Å². The number of aryl methyl sites for hydroxylation is 1. The number of anilines is 2. The van der Waals surface area contributed by atoms with Crippen molar-refractivity contribution >= 4 is 17.5 Å². The van der Waals surface area contributed by atoms with E-state index in [1.807, 2.05) is 0 Å². The van der Waals surface area contributed by atoms with E-state index in [0.717, 1.165) is 32.7 Å². The van der Waals surface area contributed by atoms with Crippen molar-refractivity contribution in [2.45, 2.75) is 13.8 Å². The Labute approximate surface area is 146 Å². The SMILES string of the molecule is CCN1CCN(c2ncc(C(=O)Nc3ccc(F)cc3)c(C)n2)CC1. The minimum Gasteiger partial charge on any atom is -0.338 e. The highest BCUT2D eigenvalue weighted by molar-refractivity contribution is 6.04. The maximum atomic E-state index is 12.9. The second-order valence-corrected chi connectivity index (χ2v) is 6.05. The van der Waals surface area contributed by atoms with Gasteiger partial charge >= 0.3 is 0 Å². The Bertz CT molecular complexity index is 742. The molecule has 0 saturated carbocycles. The molecular formula is C18H22FN5O. The molecule has 0 spiro atoms. The normalized spacial score (nSPS) is 15.2. The van der Waals surface area contributed by atoms with Crippen molar-refractivity contribution in [2.24, 2.45) is 0 Å². The van der Waals surface area contributed by atoms with Crippen LogP contribution in [-0.4, -0.2) is 53.5 Å². The monoisotopic (exact) mass is 343 g/mol. The van der Waals surface area contributed by atoms with E-state index in [-0.39, 0.29) is 11.7 Å². The van der Waals surface area contributed by atoms with Crippen LogP contribution < -0.4 is 10.2 Å². The Morgan fingerprint density at radius 2 is 1.88 bits per heavy atom. The summed E-state index contributed by atoms with van der Waals surface area (Å²) in [7, 11) is 0. The summed E-state index contributed by atoms with van der Waals surface area (Å²) < 4.78 is 12.9. The Morgan fingerprint density at radius 1 is 1.20 bits per heavy atom. The Kier molecular flexibility index (Phi) is 5.23. The number of halogens is 1. The van der Waals surface area contributed by atoms with Gasteiger partial charge in [0, 0.05) is 38.1 Å². The summed E-state index contributed by atoms with van der Waals surface area (Å²) in [5.41, 5.74) is 1.58. The van der Waals surface area contributed by atoms with E-state index in [1.165, 1.54) is 24.3 Å². The standard InChI is InChI=1S/C18H22FN5O/c1-3-23-8-10-24(11-9-23)18-20-12-16(13(2)21-18)17(25)22-15-6-4-14(19)5-7-15/h4-7,12H,3,8-11H2,1-2H3,(H,22,25). The first-order valence-electron chi connectivity index (χ1n) is 8.44. The van der Waals surface area contributed by atoms with Gasteiger partial charge in [-0.1, -0.05) is 6.92 Å². The van der Waals surface area contributed by atoms with Crippen LogP contribution in [0.2, 0.25) is 0 Å². The van der Waals surface area contributed by atoms with Crippen LogP contribution in [0.1, 0.15) is 23.0 Å². The lowest BCUT2D eigenvalue weighted by Gasteiger charge is -2.34. The van der Waals surface area contributed by atoms with E-state index in [2.05, 4.69) is 32.0 Å². The molecule has 1 aromatic carbocycles. The lowest BCUT2D eigenvalue weighted by atomic mass is 10.2. The molecule has 0 aliphatic carbocycles. The summed E-state index contributed by atoms with van der Waals surface area (Å²) in [6.07, 6.45) is 1.56. The molecule has 25 heavy (non-hydrogen) atoms. The molecule has 1 N–H and O–H groups in total. The van der Waals surface area contributed by atoms with Gasteiger partial charge in [0.1, 0.15) is 5.82 Å². The Morgan fingerprint density at radius 3 is 2.48 bits per heavy atom. The number of piperazine rings is 1. The highest BCUT2D eigenvalue weighted by atomic mass is 19.1. The molecule has 132 valence electrons. The largest absolute Gasteiger partial charge is 0.338 e. The van der Waals surface area contributed by atoms with E-state index >= 15 is 0 Å². The predicted molar refractivity (Wildman–Crippen MR) is 95.4 cm³/mol. The molecule has 3 rings (SSSR count). The Hall–Kier alpha value is -2.54. The maximum Gasteiger partial charge on any atom is 0.259 e. The number of rotatable bonds is 4. The lowest BCUT2D eigenvalue weighted by Crippen LogP contribution is -2.46. The number of hydrogen-bond acceptors (Lipinski definition) is 5. The van der Waals surface area contributed by atoms with Gasteiger partial charge in [0.25, 0.3) is 5.91 Å². The van der Waals surface area contributed by atoms with Crippen molar-refractivity contribution in [2.75, 3.05) is 42.9 Å². The lowest BCUT2D eigenvalue weighted by molar-refractivity contribution is 0.102. The molecule has 1 aromatic heterocycles. The van der Waals surface area contributed by atoms with E-state index < -0.39 is 0 Å². The number of likely N-dealkylation sites (N-methyl/N-ethyl adjacent to an activating group) is 1. The van der Waals surface area contributed by atoms with Crippen molar-refractivity contribution in [3.8, 4) is 0 Å². The van der Waals surface area contributed by atoms with Crippen LogP contribution in [0.25, 0.3) is 0 Å². The molecule has 1 amide bonds. The quantitative estimate of drug-likeness (QED) is 0.923. The van der Waals surface area contributed by atoms with Crippen LogP contribution in [0, 0.1) is 12.7 Å². The van der Waals surface area contributed by atoms with Gasteiger partial charge in [-0.3, -0.25) is 4.79 Å². The fourth-order valence-corrected chi connectivity index (χ4v) is 2.83. The van der Waals surface area contributed by atoms with Crippen molar-refractivity contribution < 1.29 is 9.18 Å². The van der Waals surface area contributed by atoms with Crippen molar-refractivity contribution in [3.05, 3.63) is 47.5 Å². The highest BCUT2D eigenvalue weighted by Crippen LogP contribution is 2.16. The molecule has 0 bridgehead atoms. The van der Waals surface area contributed by atoms with Gasteiger partial charge in [-0.2, -0.15) is 0 Å². The first-order valence-corrected chi connectivity index (χ1v) is 8.44. The number of benzene rings is 1. The van der Waals surface area contributed by atoms with Crippen molar-refractivity contribution in [1.82, 2.24) is 14.9 Å². The van der Waals surface area contributed by atoms with Gasteiger partial charge in [-0.15, -0.1) is 0 Å². The van der Waals surface area contributed by atoms with E-state index in [0.29, 0.717) is 22.9 Å². The molecule has 1 aliphatic rings. The number of hydrogen-bond donors (Lipinski definition) is 1. The zero-order valence-electron chi connectivity index (χ0n) is 14.5. The smallest absolute Gasteiger partial charge is 0.259 e. The molecule has 2 aromatic rings. The van der Waals surface area contributed by atoms with Gasteiger partial charge in [-0.05, 0) is 37.7 Å². The molecule has 1 saturated heterocycles. The molecule has 0 unspecified atom stereocenters. The first kappa shape index (κ1) is 17.3. The van der Waals surface area contributed by atoms with Gasteiger partial charge < -0.3 is 15.1 Å². The number of amides is 1. The third-order valence-electron chi connectivity index (χ3n) is 4.42. The van der Waals surface area contributed by atoms with Crippen LogP contribution in [0.5, 0.6) is 0 Å². The minimum atomic E-state index is -0.343. The number of nitrogens with one attached hydrogen (secondary N) is 1. The number of carbonyl (C=O) groups excluding carboxylic acids is 1. The summed E-state index contributed by atoms with van der Waals surface area (Å²) >= 11 is 0. The van der Waals surface area contributed by atoms with Crippen LogP contribution in [-0.2, 0) is 0 Å². The fourth-order valence-electron chi connectivity index (χ4n) is 2.83. The Balaban J connectivity index is 1.69. The second kappa shape index (κ2) is 7.57. The topological polar surface area (TPSA) is 61.4 Å². The predicted octanol–water partition coefficient (Wildman–Crippen LogP) is 2.32. The van der Waals surface area contributed by atoms with E-state index in [1.54, 1.807) is 13.1 Å². The average molecular weight is 343 g/mol. The minimum absolute atomic E-state index is 0.300. The van der Waals surface area contributed by atoms with Gasteiger partial charge in [0.05, 0.1) is 11.3 Å². The molecule has 6 nitrogen and oxygen atoms in total. The molecule has 7 heteroatoms. The summed E-state index contributed by atoms with van der Waals surface area (Å²) in [6, 6.07) is 5.64. The second-order valence-electron chi connectivity index (χ2n) is 6.05. The molecular weight excluding hydrogens is 321 g/mol. The third kappa shape index (κ3) is 4.11. The fraction of sp³-hybridized carbons (Fsp3) is 0.389. The van der Waals surface area contributed by atoms with E-state index in [4.69, 9.17) is 0 Å². The summed E-state index contributed by atoms with van der Waals surface area (Å²) in [6.45, 7) is 8.76. The number of nitrogens with zero attached hydrogens (tertiary/aromatic N) is 4. The molecule has 0 radical (unpaired) electrons. The van der Waals surface area contributed by atoms with Crippen molar-refractivity contribution in [1.29, 1.82) is 0 Å². The molecule has 2 heterocycles.